The fraction of sp³-hybridized carbons (Fsp3) is 0.472. The number of benzene rings is 2. The average Bonchev–Trinajstić information content (AvgIpc) is 3.56. The van der Waals surface area contributed by atoms with Gasteiger partial charge in [-0.05, 0) is 41.7 Å². The number of nitrogens with two attached hydrogens (primary N) is 1. The standard InChI is InChI=1S/C36H42N6O8/c37-31(45)30(44)36(13-16-50-17-14-36)40-33(47)28-20-26(41-15-12-29(43)39-35(41)49)21-42(28)34(48)27(18-22-6-2-1-3-7-22)38-32(46)25-11-10-23-8-4-5-9-24(23)19-25/h4-5,8-12,15,19,22,26-28H,1-3,6-7,13-14,16-18,20-21H2,(H2,37,45)(H,38,46)(H,40,47)(H,39,43,49)/t26-,27-,28+/m1/s1. The number of primary amides is 1. The van der Waals surface area contributed by atoms with E-state index in [0.29, 0.717) is 12.0 Å². The van der Waals surface area contributed by atoms with E-state index in [0.717, 1.165) is 42.9 Å². The number of carbonyl (C=O) groups is 5. The number of ether oxygens (including phenoxy) is 1. The first kappa shape index (κ1) is 34.7. The van der Waals surface area contributed by atoms with E-state index in [-0.39, 0.29) is 44.9 Å². The van der Waals surface area contributed by atoms with Crippen molar-refractivity contribution in [2.24, 2.45) is 11.7 Å². The molecule has 1 aliphatic carbocycles. The third kappa shape index (κ3) is 7.39. The normalized spacial score (nSPS) is 21.3. The molecular weight excluding hydrogens is 644 g/mol. The lowest BCUT2D eigenvalue weighted by molar-refractivity contribution is -0.147. The second kappa shape index (κ2) is 14.8. The molecule has 0 radical (unpaired) electrons. The van der Waals surface area contributed by atoms with Gasteiger partial charge in [0.15, 0.2) is 0 Å². The Labute approximate surface area is 287 Å². The van der Waals surface area contributed by atoms with Crippen molar-refractivity contribution in [1.29, 1.82) is 0 Å². The van der Waals surface area contributed by atoms with E-state index >= 15 is 0 Å². The first-order chi connectivity index (χ1) is 24.0. The molecule has 2 aliphatic heterocycles. The van der Waals surface area contributed by atoms with Crippen molar-refractivity contribution in [1.82, 2.24) is 25.1 Å². The summed E-state index contributed by atoms with van der Waals surface area (Å²) >= 11 is 0. The highest BCUT2D eigenvalue weighted by molar-refractivity contribution is 6.39. The number of ketones is 1. The number of rotatable bonds is 10. The van der Waals surface area contributed by atoms with Crippen LogP contribution in [0.2, 0.25) is 0 Å². The van der Waals surface area contributed by atoms with E-state index in [1.807, 2.05) is 30.3 Å². The van der Waals surface area contributed by atoms with E-state index in [4.69, 9.17) is 10.5 Å². The Hall–Kier alpha value is -5.11. The summed E-state index contributed by atoms with van der Waals surface area (Å²) in [7, 11) is 0. The van der Waals surface area contributed by atoms with Crippen LogP contribution in [-0.2, 0) is 23.9 Å². The van der Waals surface area contributed by atoms with Crippen LogP contribution in [0.15, 0.2) is 64.3 Å². The fourth-order valence-corrected chi connectivity index (χ4v) is 7.66. The molecule has 14 heteroatoms. The number of Topliss-reactive ketones (excluding diaryl/α,β-unsaturated/α-hetero) is 1. The zero-order chi connectivity index (χ0) is 35.4. The molecule has 3 fully saturated rings. The summed E-state index contributed by atoms with van der Waals surface area (Å²) in [6.07, 6.45) is 6.57. The highest BCUT2D eigenvalue weighted by Gasteiger charge is 2.49. The zero-order valence-electron chi connectivity index (χ0n) is 27.7. The third-order valence-corrected chi connectivity index (χ3v) is 10.4. The summed E-state index contributed by atoms with van der Waals surface area (Å²) in [5, 5.41) is 7.54. The highest BCUT2D eigenvalue weighted by Crippen LogP contribution is 2.32. The smallest absolute Gasteiger partial charge is 0.328 e. The minimum absolute atomic E-state index is 0.0100. The number of aromatic nitrogens is 2. The number of likely N-dealkylation sites (tertiary alicyclic amines) is 1. The van der Waals surface area contributed by atoms with Gasteiger partial charge in [0.05, 0.1) is 6.04 Å². The number of hydrogen-bond donors (Lipinski definition) is 4. The van der Waals surface area contributed by atoms with E-state index in [1.54, 1.807) is 12.1 Å². The second-order valence-electron chi connectivity index (χ2n) is 13.6. The van der Waals surface area contributed by atoms with Crippen molar-refractivity contribution in [2.75, 3.05) is 19.8 Å². The number of nitrogens with zero attached hydrogens (tertiary/aromatic N) is 2. The third-order valence-electron chi connectivity index (χ3n) is 10.4. The molecule has 0 bridgehead atoms. The van der Waals surface area contributed by atoms with Gasteiger partial charge in [-0.3, -0.25) is 38.3 Å². The predicted molar refractivity (Wildman–Crippen MR) is 182 cm³/mol. The lowest BCUT2D eigenvalue weighted by Crippen LogP contribution is -2.64. The van der Waals surface area contributed by atoms with Crippen molar-refractivity contribution in [3.05, 3.63) is 81.1 Å². The predicted octanol–water partition coefficient (Wildman–Crippen LogP) is 1.32. The van der Waals surface area contributed by atoms with Crippen LogP contribution in [0.5, 0.6) is 0 Å². The molecule has 3 aliphatic rings. The fourth-order valence-electron chi connectivity index (χ4n) is 7.66. The first-order valence-electron chi connectivity index (χ1n) is 17.2. The van der Waals surface area contributed by atoms with Gasteiger partial charge in [0, 0.05) is 50.4 Å². The molecular formula is C36H42N6O8. The number of hydrogen-bond acceptors (Lipinski definition) is 8. The summed E-state index contributed by atoms with van der Waals surface area (Å²) in [4.78, 5) is 95.9. The SMILES string of the molecule is NC(=O)C(=O)C1(NC(=O)[C@@H]2C[C@@H](n3ccc(=O)[nH]c3=O)CN2C(=O)[C@@H](CC2CCCCC2)NC(=O)c2ccc3ccccc3c2)CCOCC1. The zero-order valence-corrected chi connectivity index (χ0v) is 27.7. The number of amides is 4. The first-order valence-corrected chi connectivity index (χ1v) is 17.2. The highest BCUT2D eigenvalue weighted by atomic mass is 16.5. The Morgan fingerprint density at radius 3 is 2.38 bits per heavy atom. The van der Waals surface area contributed by atoms with Gasteiger partial charge in [0.2, 0.25) is 17.6 Å². The van der Waals surface area contributed by atoms with Gasteiger partial charge in [0.1, 0.15) is 17.6 Å². The number of fused-ring (bicyclic) bond motifs is 1. The van der Waals surface area contributed by atoms with E-state index in [2.05, 4.69) is 15.6 Å². The van der Waals surface area contributed by atoms with Gasteiger partial charge >= 0.3 is 5.69 Å². The molecule has 264 valence electrons. The molecule has 1 saturated carbocycles. The molecule has 50 heavy (non-hydrogen) atoms. The Balaban J connectivity index is 1.33. The number of aromatic amines is 1. The van der Waals surface area contributed by atoms with Crippen molar-refractivity contribution in [2.45, 2.75) is 81.5 Å². The molecule has 3 atom stereocenters. The maximum Gasteiger partial charge on any atom is 0.328 e. The monoisotopic (exact) mass is 686 g/mol. The molecule has 6 rings (SSSR count). The molecule has 3 heterocycles. The Bertz CT molecular complexity index is 1910. The molecule has 2 saturated heterocycles. The Morgan fingerprint density at radius 1 is 0.960 bits per heavy atom. The number of nitrogens with one attached hydrogen (secondary N) is 3. The van der Waals surface area contributed by atoms with Crippen LogP contribution in [0.1, 0.15) is 74.2 Å². The number of carbonyl (C=O) groups excluding carboxylic acids is 5. The molecule has 14 nitrogen and oxygen atoms in total. The molecule has 2 aromatic carbocycles. The lowest BCUT2D eigenvalue weighted by atomic mass is 9.84. The molecule has 0 spiro atoms. The topological polar surface area (TPSA) is 203 Å². The summed E-state index contributed by atoms with van der Waals surface area (Å²) in [6.45, 7) is 0.119. The molecule has 0 unspecified atom stereocenters. The molecule has 1 aromatic heterocycles. The minimum atomic E-state index is -1.62. The summed E-state index contributed by atoms with van der Waals surface area (Å²) < 4.78 is 6.65. The molecule has 4 amide bonds. The summed E-state index contributed by atoms with van der Waals surface area (Å²) in [6, 6.07) is 11.2. The van der Waals surface area contributed by atoms with Crippen LogP contribution < -0.4 is 27.6 Å². The summed E-state index contributed by atoms with van der Waals surface area (Å²) in [5.41, 5.74) is 2.85. The van der Waals surface area contributed by atoms with Crippen LogP contribution in [0.3, 0.4) is 0 Å². The van der Waals surface area contributed by atoms with Crippen LogP contribution in [0, 0.1) is 5.92 Å². The quantitative estimate of drug-likeness (QED) is 0.229. The van der Waals surface area contributed by atoms with Crippen LogP contribution in [-0.4, -0.2) is 81.2 Å². The van der Waals surface area contributed by atoms with Crippen molar-refractivity contribution in [3.63, 3.8) is 0 Å². The second-order valence-corrected chi connectivity index (χ2v) is 13.6. The van der Waals surface area contributed by atoms with E-state index in [1.165, 1.54) is 21.7 Å². The maximum absolute atomic E-state index is 14.7. The van der Waals surface area contributed by atoms with Gasteiger partial charge in [-0.25, -0.2) is 4.79 Å². The minimum Gasteiger partial charge on any atom is -0.381 e. The van der Waals surface area contributed by atoms with E-state index in [9.17, 15) is 33.6 Å². The Kier molecular flexibility index (Phi) is 10.3. The van der Waals surface area contributed by atoms with Crippen molar-refractivity contribution in [3.8, 4) is 0 Å². The lowest BCUT2D eigenvalue weighted by Gasteiger charge is -2.37. The van der Waals surface area contributed by atoms with Gasteiger partial charge in [-0.15, -0.1) is 0 Å². The van der Waals surface area contributed by atoms with Crippen molar-refractivity contribution >= 4 is 40.2 Å². The van der Waals surface area contributed by atoms with Gasteiger partial charge in [-0.1, -0.05) is 62.4 Å². The van der Waals surface area contributed by atoms with Crippen LogP contribution >= 0.6 is 0 Å². The average molecular weight is 687 g/mol. The molecule has 3 aromatic rings. The maximum atomic E-state index is 14.7. The largest absolute Gasteiger partial charge is 0.381 e. The van der Waals surface area contributed by atoms with Gasteiger partial charge in [-0.2, -0.15) is 0 Å². The van der Waals surface area contributed by atoms with Crippen molar-refractivity contribution < 1.29 is 28.7 Å². The van der Waals surface area contributed by atoms with Gasteiger partial charge < -0.3 is 26.0 Å². The van der Waals surface area contributed by atoms with Crippen LogP contribution in [0.4, 0.5) is 0 Å². The number of H-pyrrole nitrogens is 1. The van der Waals surface area contributed by atoms with E-state index < -0.39 is 64.3 Å². The summed E-state index contributed by atoms with van der Waals surface area (Å²) in [5.74, 6) is -3.64. The Morgan fingerprint density at radius 2 is 1.68 bits per heavy atom. The molecule has 5 N–H and O–H groups in total. The van der Waals surface area contributed by atoms with Crippen LogP contribution in [0.25, 0.3) is 10.8 Å². The van der Waals surface area contributed by atoms with Gasteiger partial charge in [0.25, 0.3) is 17.4 Å².